The molecule has 5 nitrogen and oxygen atoms in total. The summed E-state index contributed by atoms with van der Waals surface area (Å²) in [6.45, 7) is 1.08. The summed E-state index contributed by atoms with van der Waals surface area (Å²) in [6.07, 6.45) is 1.19. The lowest BCUT2D eigenvalue weighted by Crippen LogP contribution is -2.46. The Labute approximate surface area is 179 Å². The van der Waals surface area contributed by atoms with Crippen molar-refractivity contribution >= 4 is 27.9 Å². The van der Waals surface area contributed by atoms with E-state index in [0.717, 1.165) is 5.56 Å². The van der Waals surface area contributed by atoms with E-state index in [9.17, 15) is 14.0 Å². The zero-order valence-electron chi connectivity index (χ0n) is 16.6. The van der Waals surface area contributed by atoms with Crippen molar-refractivity contribution in [3.8, 4) is 0 Å². The quantitative estimate of drug-likeness (QED) is 0.741. The summed E-state index contributed by atoms with van der Waals surface area (Å²) in [6, 6.07) is 13.6. The maximum Gasteiger partial charge on any atom is 0.319 e. The van der Waals surface area contributed by atoms with Crippen molar-refractivity contribution in [3.05, 3.63) is 69.9 Å². The van der Waals surface area contributed by atoms with Crippen LogP contribution in [0.2, 0.25) is 0 Å². The van der Waals surface area contributed by atoms with E-state index >= 15 is 0 Å². The van der Waals surface area contributed by atoms with E-state index in [1.54, 1.807) is 36.0 Å². The summed E-state index contributed by atoms with van der Waals surface area (Å²) < 4.78 is 15.3. The van der Waals surface area contributed by atoms with Gasteiger partial charge in [0.1, 0.15) is 5.82 Å². The number of rotatable bonds is 4. The first kappa shape index (κ1) is 21.3. The number of amides is 3. The Hall–Kier alpha value is -2.41. The summed E-state index contributed by atoms with van der Waals surface area (Å²) in [7, 11) is 3.44. The molecule has 0 saturated carbocycles. The van der Waals surface area contributed by atoms with Crippen LogP contribution < -0.4 is 5.32 Å². The molecule has 0 radical (unpaired) electrons. The molecule has 29 heavy (non-hydrogen) atoms. The minimum Gasteiger partial charge on any atom is -0.345 e. The molecule has 2 aromatic rings. The van der Waals surface area contributed by atoms with Gasteiger partial charge in [0, 0.05) is 43.1 Å². The fourth-order valence-corrected chi connectivity index (χ4v) is 3.93. The SMILES string of the molecule is CN(C)C(=O)N1CCC(C(=O)NC(c2ccccc2)c2ccc(Br)cc2F)CC1. The fraction of sp³-hybridized carbons (Fsp3) is 0.364. The maximum absolute atomic E-state index is 14.7. The summed E-state index contributed by atoms with van der Waals surface area (Å²) in [4.78, 5) is 28.4. The Morgan fingerprint density at radius 3 is 2.38 bits per heavy atom. The lowest BCUT2D eigenvalue weighted by Gasteiger charge is -2.33. The maximum atomic E-state index is 14.7. The summed E-state index contributed by atoms with van der Waals surface area (Å²) in [5.74, 6) is -0.691. The van der Waals surface area contributed by atoms with Crippen LogP contribution in [0.15, 0.2) is 53.0 Å². The first-order valence-electron chi connectivity index (χ1n) is 9.63. The topological polar surface area (TPSA) is 52.7 Å². The Morgan fingerprint density at radius 2 is 1.79 bits per heavy atom. The standard InChI is InChI=1S/C22H25BrFN3O2/c1-26(2)22(29)27-12-10-16(11-13-27)21(28)25-20(15-6-4-3-5-7-15)18-9-8-17(23)14-19(18)24/h3-9,14,16,20H,10-13H2,1-2H3,(H,25,28). The Kier molecular flexibility index (Phi) is 6.90. The highest BCUT2D eigenvalue weighted by Crippen LogP contribution is 2.28. The van der Waals surface area contributed by atoms with E-state index in [1.165, 1.54) is 6.07 Å². The summed E-state index contributed by atoms with van der Waals surface area (Å²) in [5, 5.41) is 3.04. The van der Waals surface area contributed by atoms with Crippen molar-refractivity contribution in [2.24, 2.45) is 5.92 Å². The number of hydrogen-bond donors (Lipinski definition) is 1. The van der Waals surface area contributed by atoms with E-state index in [2.05, 4.69) is 21.2 Å². The number of nitrogens with one attached hydrogen (secondary N) is 1. The van der Waals surface area contributed by atoms with Gasteiger partial charge >= 0.3 is 6.03 Å². The summed E-state index contributed by atoms with van der Waals surface area (Å²) in [5.41, 5.74) is 1.25. The number of halogens is 2. The van der Waals surface area contributed by atoms with Gasteiger partial charge in [-0.25, -0.2) is 9.18 Å². The van der Waals surface area contributed by atoms with Gasteiger partial charge in [-0.15, -0.1) is 0 Å². The summed E-state index contributed by atoms with van der Waals surface area (Å²) >= 11 is 3.28. The Balaban J connectivity index is 1.75. The molecule has 0 bridgehead atoms. The first-order chi connectivity index (χ1) is 13.9. The van der Waals surface area contributed by atoms with E-state index in [0.29, 0.717) is 36.0 Å². The molecule has 1 fully saturated rings. The van der Waals surface area contributed by atoms with Crippen molar-refractivity contribution in [1.82, 2.24) is 15.1 Å². The van der Waals surface area contributed by atoms with Crippen molar-refractivity contribution in [2.45, 2.75) is 18.9 Å². The van der Waals surface area contributed by atoms with Crippen LogP contribution in [0.3, 0.4) is 0 Å². The van der Waals surface area contributed by atoms with Gasteiger partial charge < -0.3 is 15.1 Å². The zero-order valence-corrected chi connectivity index (χ0v) is 18.2. The molecule has 0 aliphatic carbocycles. The molecule has 1 saturated heterocycles. The highest BCUT2D eigenvalue weighted by molar-refractivity contribution is 9.10. The smallest absolute Gasteiger partial charge is 0.319 e. The number of urea groups is 1. The molecule has 0 spiro atoms. The van der Waals surface area contributed by atoms with Crippen molar-refractivity contribution in [3.63, 3.8) is 0 Å². The number of carbonyl (C=O) groups excluding carboxylic acids is 2. The van der Waals surface area contributed by atoms with Crippen LogP contribution in [0.25, 0.3) is 0 Å². The lowest BCUT2D eigenvalue weighted by molar-refractivity contribution is -0.126. The molecule has 1 unspecified atom stereocenters. The molecule has 1 aliphatic rings. The van der Waals surface area contributed by atoms with Crippen LogP contribution >= 0.6 is 15.9 Å². The van der Waals surface area contributed by atoms with Crippen LogP contribution in [0.1, 0.15) is 30.0 Å². The first-order valence-corrected chi connectivity index (χ1v) is 10.4. The van der Waals surface area contributed by atoms with Gasteiger partial charge in [-0.3, -0.25) is 4.79 Å². The van der Waals surface area contributed by atoms with Gasteiger partial charge in [0.25, 0.3) is 0 Å². The van der Waals surface area contributed by atoms with Crippen molar-refractivity contribution in [2.75, 3.05) is 27.2 Å². The van der Waals surface area contributed by atoms with Crippen molar-refractivity contribution < 1.29 is 14.0 Å². The van der Waals surface area contributed by atoms with Gasteiger partial charge in [-0.05, 0) is 30.5 Å². The number of benzene rings is 2. The van der Waals surface area contributed by atoms with Gasteiger partial charge in [0.2, 0.25) is 5.91 Å². The average molecular weight is 462 g/mol. The average Bonchev–Trinajstić information content (AvgIpc) is 2.72. The van der Waals surface area contributed by atoms with Crippen LogP contribution in [-0.4, -0.2) is 48.9 Å². The third-order valence-corrected chi connectivity index (χ3v) is 5.71. The van der Waals surface area contributed by atoms with Crippen LogP contribution in [-0.2, 0) is 4.79 Å². The van der Waals surface area contributed by atoms with Crippen LogP contribution in [0.5, 0.6) is 0 Å². The predicted molar refractivity (Wildman–Crippen MR) is 114 cm³/mol. The number of likely N-dealkylation sites (tertiary alicyclic amines) is 1. The van der Waals surface area contributed by atoms with Crippen LogP contribution in [0, 0.1) is 11.7 Å². The zero-order chi connectivity index (χ0) is 21.0. The second kappa shape index (κ2) is 9.39. The number of hydrogen-bond acceptors (Lipinski definition) is 2. The number of nitrogens with zero attached hydrogens (tertiary/aromatic N) is 2. The molecule has 7 heteroatoms. The molecule has 1 N–H and O–H groups in total. The third-order valence-electron chi connectivity index (χ3n) is 5.21. The molecule has 1 aliphatic heterocycles. The van der Waals surface area contributed by atoms with Crippen molar-refractivity contribution in [1.29, 1.82) is 0 Å². The molecule has 3 rings (SSSR count). The lowest BCUT2D eigenvalue weighted by atomic mass is 9.93. The molecule has 154 valence electrons. The van der Waals surface area contributed by atoms with E-state index in [-0.39, 0.29) is 23.7 Å². The fourth-order valence-electron chi connectivity index (χ4n) is 3.60. The second-order valence-corrected chi connectivity index (χ2v) is 8.37. The third kappa shape index (κ3) is 5.15. The number of carbonyl (C=O) groups is 2. The molecule has 1 atom stereocenters. The Bertz CT molecular complexity index is 868. The molecule has 2 aromatic carbocycles. The number of piperidine rings is 1. The minimum absolute atomic E-state index is 0.0389. The van der Waals surface area contributed by atoms with Gasteiger partial charge in [-0.2, -0.15) is 0 Å². The highest BCUT2D eigenvalue weighted by atomic mass is 79.9. The molecule has 3 amide bonds. The van der Waals surface area contributed by atoms with E-state index in [1.807, 2.05) is 30.3 Å². The monoisotopic (exact) mass is 461 g/mol. The molecular formula is C22H25BrFN3O2. The van der Waals surface area contributed by atoms with Gasteiger partial charge in [0.05, 0.1) is 6.04 Å². The van der Waals surface area contributed by atoms with Gasteiger partial charge in [-0.1, -0.05) is 52.3 Å². The largest absolute Gasteiger partial charge is 0.345 e. The highest BCUT2D eigenvalue weighted by Gasteiger charge is 2.30. The second-order valence-electron chi connectivity index (χ2n) is 7.46. The molecular weight excluding hydrogens is 437 g/mol. The predicted octanol–water partition coefficient (Wildman–Crippen LogP) is 4.19. The van der Waals surface area contributed by atoms with E-state index in [4.69, 9.17) is 0 Å². The van der Waals surface area contributed by atoms with Gasteiger partial charge in [0.15, 0.2) is 0 Å². The normalized spacial score (nSPS) is 15.7. The van der Waals surface area contributed by atoms with Crippen LogP contribution in [0.4, 0.5) is 9.18 Å². The Morgan fingerprint density at radius 1 is 1.14 bits per heavy atom. The van der Waals surface area contributed by atoms with E-state index < -0.39 is 6.04 Å². The molecule has 0 aromatic heterocycles. The molecule has 1 heterocycles. The minimum atomic E-state index is -0.571.